The van der Waals surface area contributed by atoms with Gasteiger partial charge in [0.05, 0.1) is 5.56 Å². The highest BCUT2D eigenvalue weighted by Crippen LogP contribution is 2.31. The molecule has 2 rings (SSSR count). The van der Waals surface area contributed by atoms with Crippen molar-refractivity contribution in [3.8, 4) is 0 Å². The average molecular weight is 287 g/mol. The predicted octanol–water partition coefficient (Wildman–Crippen LogP) is 3.54. The molecule has 0 fully saturated rings. The van der Waals surface area contributed by atoms with Gasteiger partial charge in [-0.05, 0) is 30.3 Å². The highest BCUT2D eigenvalue weighted by Gasteiger charge is 2.30. The minimum absolute atomic E-state index is 0.0145. The van der Waals surface area contributed by atoms with Crippen LogP contribution < -0.4 is 5.32 Å². The van der Waals surface area contributed by atoms with Crippen molar-refractivity contribution in [2.45, 2.75) is 6.18 Å². The van der Waals surface area contributed by atoms with E-state index in [1.54, 1.807) is 0 Å². The van der Waals surface area contributed by atoms with Crippen LogP contribution in [0.4, 0.5) is 24.7 Å². The number of alkyl halides is 3. The van der Waals surface area contributed by atoms with E-state index in [1.807, 2.05) is 0 Å². The first-order chi connectivity index (χ1) is 9.38. The summed E-state index contributed by atoms with van der Waals surface area (Å²) in [6.45, 7) is 0. The predicted molar refractivity (Wildman–Crippen MR) is 65.9 cm³/mol. The van der Waals surface area contributed by atoms with Crippen LogP contribution in [0.25, 0.3) is 0 Å². The van der Waals surface area contributed by atoms with E-state index in [4.69, 9.17) is 5.11 Å². The fraction of sp³-hybridized carbons (Fsp3) is 0.0769. The second-order valence-electron chi connectivity index (χ2n) is 3.91. The molecule has 0 spiro atoms. The van der Waals surface area contributed by atoms with E-state index in [2.05, 4.69) is 10.3 Å². The molecule has 0 aliphatic heterocycles. The summed E-state index contributed by atoms with van der Waals surface area (Å²) in [6, 6.07) is 7.19. The first-order valence-corrected chi connectivity index (χ1v) is 5.50. The zero-order valence-corrected chi connectivity index (χ0v) is 9.98. The SMILES string of the molecule is O=[13C](O)[13c]1cc[13cH][15n][13c]1Nc1cccc(C(F)(F)F)c1. The van der Waals surface area contributed by atoms with Gasteiger partial charge in [0.1, 0.15) is 11.4 Å². The molecule has 0 bridgehead atoms. The number of nitrogens with zero attached hydrogens (tertiary/aromatic N) is 1. The number of hydrogen-bond acceptors (Lipinski definition) is 3. The van der Waals surface area contributed by atoms with Gasteiger partial charge in [-0.2, -0.15) is 13.2 Å². The van der Waals surface area contributed by atoms with Crippen LogP contribution in [-0.4, -0.2) is 16.1 Å². The van der Waals surface area contributed by atoms with Gasteiger partial charge >= 0.3 is 12.1 Å². The standard InChI is InChI=1S/C13H9F3N2O2/c14-13(15,16)8-3-1-4-9(7-8)18-11-10(12(19)20)5-2-6-17-11/h1-7H,(H,17,18)(H,19,20)/i6+1,10+1,11+1,12+1,17+1. The Balaban J connectivity index is 2.34. The third kappa shape index (κ3) is 3.05. The largest absolute Gasteiger partial charge is 0.478 e. The molecule has 1 heterocycles. The van der Waals surface area contributed by atoms with Crippen LogP contribution in [0.3, 0.4) is 0 Å². The summed E-state index contributed by atoms with van der Waals surface area (Å²) in [5.41, 5.74) is -0.832. The molecule has 7 heteroatoms. The third-order valence-electron chi connectivity index (χ3n) is 2.49. The van der Waals surface area contributed by atoms with Gasteiger partial charge in [0, 0.05) is 11.9 Å². The van der Waals surface area contributed by atoms with E-state index in [-0.39, 0.29) is 17.1 Å². The Morgan fingerprint density at radius 2 is 1.95 bits per heavy atom. The van der Waals surface area contributed by atoms with Gasteiger partial charge in [-0.1, -0.05) is 6.07 Å². The number of rotatable bonds is 3. The minimum Gasteiger partial charge on any atom is -0.478 e. The number of aromatic nitrogens is 1. The van der Waals surface area contributed by atoms with E-state index in [9.17, 15) is 18.0 Å². The molecule has 0 amide bonds. The second-order valence-corrected chi connectivity index (χ2v) is 3.91. The van der Waals surface area contributed by atoms with Crippen molar-refractivity contribution in [3.05, 3.63) is 53.7 Å². The number of carboxylic acids is 1. The number of pyridine rings is 1. The fourth-order valence-electron chi connectivity index (χ4n) is 1.59. The number of anilines is 2. The Labute approximate surface area is 111 Å². The maximum atomic E-state index is 12.6. The Morgan fingerprint density at radius 3 is 2.60 bits per heavy atom. The number of carboxylic acid groups (broad SMARTS) is 1. The topological polar surface area (TPSA) is 62.2 Å². The maximum Gasteiger partial charge on any atom is 0.416 e. The normalized spacial score (nSPS) is 11.2. The molecule has 0 aliphatic carbocycles. The monoisotopic (exact) mass is 287 g/mol. The average Bonchev–Trinajstić information content (AvgIpc) is 2.38. The van der Waals surface area contributed by atoms with Crippen LogP contribution in [0.5, 0.6) is 0 Å². The van der Waals surface area contributed by atoms with Gasteiger partial charge in [-0.15, -0.1) is 0 Å². The second kappa shape index (κ2) is 5.20. The summed E-state index contributed by atoms with van der Waals surface area (Å²) in [7, 11) is 0. The van der Waals surface area contributed by atoms with Crippen LogP contribution in [0.15, 0.2) is 42.6 Å². The van der Waals surface area contributed by atoms with Gasteiger partial charge in [0.15, 0.2) is 0 Å². The number of nitrogens with one attached hydrogen (secondary N) is 1. The lowest BCUT2D eigenvalue weighted by Gasteiger charge is -2.11. The van der Waals surface area contributed by atoms with Gasteiger partial charge in [0.25, 0.3) is 0 Å². The first kappa shape index (κ1) is 13.9. The molecule has 0 aliphatic rings. The molecule has 104 valence electrons. The Hall–Kier alpha value is -2.57. The molecule has 2 N–H and O–H groups in total. The van der Waals surface area contributed by atoms with E-state index in [1.165, 1.54) is 30.5 Å². The van der Waals surface area contributed by atoms with Crippen LogP contribution in [-0.2, 0) is 6.18 Å². The molecular weight excluding hydrogens is 278 g/mol. The highest BCUT2D eigenvalue weighted by molar-refractivity contribution is 5.93. The van der Waals surface area contributed by atoms with E-state index in [0.29, 0.717) is 0 Å². The quantitative estimate of drug-likeness (QED) is 0.847. The van der Waals surface area contributed by atoms with Crippen LogP contribution in [0.2, 0.25) is 0 Å². The first-order valence-electron chi connectivity index (χ1n) is 5.50. The Kier molecular flexibility index (Phi) is 3.60. The molecule has 0 radical (unpaired) electrons. The van der Waals surface area contributed by atoms with Gasteiger partial charge < -0.3 is 10.4 Å². The van der Waals surface area contributed by atoms with Crippen molar-refractivity contribution in [1.29, 1.82) is 0 Å². The zero-order valence-electron chi connectivity index (χ0n) is 9.98. The van der Waals surface area contributed by atoms with Crippen molar-refractivity contribution in [1.82, 2.24) is 4.98 Å². The fourth-order valence-corrected chi connectivity index (χ4v) is 1.59. The summed E-state index contributed by atoms with van der Waals surface area (Å²) < 4.78 is 37.7. The Morgan fingerprint density at radius 1 is 1.20 bits per heavy atom. The molecule has 0 saturated heterocycles. The summed E-state index contributed by atoms with van der Waals surface area (Å²) in [5, 5.41) is 11.5. The van der Waals surface area contributed by atoms with E-state index < -0.39 is 17.7 Å². The van der Waals surface area contributed by atoms with Crippen LogP contribution in [0, 0.1) is 0 Å². The van der Waals surface area contributed by atoms with Crippen molar-refractivity contribution < 1.29 is 23.1 Å². The molecule has 1 aromatic carbocycles. The number of benzene rings is 1. The summed E-state index contributed by atoms with van der Waals surface area (Å²) in [6.07, 6.45) is -3.11. The van der Waals surface area contributed by atoms with Gasteiger partial charge in [-0.3, -0.25) is 0 Å². The molecule has 0 unspecified atom stereocenters. The molecule has 0 atom stereocenters. The number of aromatic carboxylic acids is 1. The lowest BCUT2D eigenvalue weighted by molar-refractivity contribution is -0.137. The highest BCUT2D eigenvalue weighted by atomic mass is 19.4. The van der Waals surface area contributed by atoms with E-state index >= 15 is 0 Å². The summed E-state index contributed by atoms with van der Waals surface area (Å²) >= 11 is 0. The molecular formula is C13H9F3N2O2. The lowest BCUT2D eigenvalue weighted by Crippen LogP contribution is -2.07. The van der Waals surface area contributed by atoms with Gasteiger partial charge in [0.2, 0.25) is 0 Å². The lowest BCUT2D eigenvalue weighted by atomic mass is 10.2. The number of hydrogen-bond donors (Lipinski definition) is 2. The number of halogens is 3. The van der Waals surface area contributed by atoms with Crippen molar-refractivity contribution in [2.24, 2.45) is 0 Å². The van der Waals surface area contributed by atoms with Crippen LogP contribution >= 0.6 is 0 Å². The maximum absolute atomic E-state index is 12.6. The third-order valence-corrected chi connectivity index (χ3v) is 2.49. The summed E-state index contributed by atoms with van der Waals surface area (Å²) in [5.74, 6) is -1.23. The smallest absolute Gasteiger partial charge is 0.416 e. The minimum atomic E-state index is -4.46. The van der Waals surface area contributed by atoms with Gasteiger partial charge in [-0.25, -0.2) is 9.78 Å². The molecule has 4 nitrogen and oxygen atoms in total. The molecule has 2 aromatic rings. The van der Waals surface area contributed by atoms with Crippen LogP contribution in [0.1, 0.15) is 15.9 Å². The van der Waals surface area contributed by atoms with E-state index in [0.717, 1.165) is 12.1 Å². The van der Waals surface area contributed by atoms with Crippen molar-refractivity contribution >= 4 is 17.5 Å². The number of carbonyl (C=O) groups is 1. The summed E-state index contributed by atoms with van der Waals surface area (Å²) in [4.78, 5) is 14.8. The molecule has 0 saturated carbocycles. The zero-order chi connectivity index (χ0) is 14.8. The van der Waals surface area contributed by atoms with Crippen molar-refractivity contribution in [3.63, 3.8) is 0 Å². The molecule has 20 heavy (non-hydrogen) atoms. The van der Waals surface area contributed by atoms with Crippen molar-refractivity contribution in [2.75, 3.05) is 5.32 Å². The Bertz CT molecular complexity index is 642. The molecule has 1 aromatic heterocycles.